The van der Waals surface area contributed by atoms with Crippen molar-refractivity contribution >= 4 is 17.1 Å². The zero-order valence-corrected chi connectivity index (χ0v) is 10.8. The maximum atomic E-state index is 12.9. The number of nitro benzene ring substituents is 1. The molecule has 2 aromatic carbocycles. The van der Waals surface area contributed by atoms with E-state index in [1.807, 2.05) is 0 Å². The summed E-state index contributed by atoms with van der Waals surface area (Å²) in [6.07, 6.45) is 0. The van der Waals surface area contributed by atoms with E-state index in [9.17, 15) is 19.6 Å². The quantitative estimate of drug-likeness (QED) is 0.688. The smallest absolute Gasteiger partial charge is 0.275 e. The molecule has 0 heterocycles. The fraction of sp³-hybridized carbons (Fsp3) is 0.143. The second-order valence-corrected chi connectivity index (χ2v) is 4.26. The maximum Gasteiger partial charge on any atom is 0.275 e. The molecule has 6 heteroatoms. The minimum Gasteiger partial charge on any atom is -0.391 e. The van der Waals surface area contributed by atoms with Gasteiger partial charge in [0.1, 0.15) is 5.82 Å². The zero-order valence-electron chi connectivity index (χ0n) is 10.8. The van der Waals surface area contributed by atoms with Gasteiger partial charge in [-0.05, 0) is 36.4 Å². The van der Waals surface area contributed by atoms with E-state index in [1.165, 1.54) is 18.2 Å². The first-order chi connectivity index (χ1) is 9.52. The van der Waals surface area contributed by atoms with Gasteiger partial charge in [0.25, 0.3) is 5.69 Å². The summed E-state index contributed by atoms with van der Waals surface area (Å²) in [7, 11) is 1.76. The van der Waals surface area contributed by atoms with Crippen LogP contribution in [-0.2, 0) is 6.61 Å². The lowest BCUT2D eigenvalue weighted by atomic mass is 10.1. The van der Waals surface area contributed by atoms with E-state index in [1.54, 1.807) is 36.2 Å². The van der Waals surface area contributed by atoms with Gasteiger partial charge in [0.2, 0.25) is 0 Å². The molecule has 0 atom stereocenters. The highest BCUT2D eigenvalue weighted by atomic mass is 19.1. The van der Waals surface area contributed by atoms with Gasteiger partial charge in [0.15, 0.2) is 0 Å². The lowest BCUT2D eigenvalue weighted by Gasteiger charge is -2.20. The predicted molar refractivity (Wildman–Crippen MR) is 73.5 cm³/mol. The highest BCUT2D eigenvalue weighted by molar-refractivity contribution is 5.65. The minimum atomic E-state index is -0.534. The monoisotopic (exact) mass is 276 g/mol. The Morgan fingerprint density at radius 2 is 1.80 bits per heavy atom. The van der Waals surface area contributed by atoms with E-state index < -0.39 is 11.5 Å². The Hall–Kier alpha value is -2.47. The summed E-state index contributed by atoms with van der Waals surface area (Å²) in [6.45, 7) is -0.415. The highest BCUT2D eigenvalue weighted by Crippen LogP contribution is 2.28. The molecule has 0 aromatic heterocycles. The number of rotatable bonds is 4. The van der Waals surface area contributed by atoms with Gasteiger partial charge in [-0.3, -0.25) is 10.1 Å². The molecular weight excluding hydrogens is 263 g/mol. The summed E-state index contributed by atoms with van der Waals surface area (Å²) in [5.41, 5.74) is 1.53. The van der Waals surface area contributed by atoms with Crippen LogP contribution < -0.4 is 4.90 Å². The molecule has 0 fully saturated rings. The van der Waals surface area contributed by atoms with E-state index in [-0.39, 0.29) is 17.1 Å². The molecular formula is C14H13FN2O3. The summed E-state index contributed by atoms with van der Waals surface area (Å²) >= 11 is 0. The van der Waals surface area contributed by atoms with Crippen molar-refractivity contribution in [2.75, 3.05) is 11.9 Å². The average Bonchev–Trinajstić information content (AvgIpc) is 2.46. The highest BCUT2D eigenvalue weighted by Gasteiger charge is 2.15. The van der Waals surface area contributed by atoms with Gasteiger partial charge in [0, 0.05) is 24.5 Å². The van der Waals surface area contributed by atoms with Crippen LogP contribution in [-0.4, -0.2) is 17.1 Å². The summed E-state index contributed by atoms with van der Waals surface area (Å²) < 4.78 is 12.9. The van der Waals surface area contributed by atoms with Crippen LogP contribution in [0.5, 0.6) is 0 Å². The van der Waals surface area contributed by atoms with Gasteiger partial charge in [-0.15, -0.1) is 0 Å². The largest absolute Gasteiger partial charge is 0.391 e. The number of halogens is 1. The zero-order chi connectivity index (χ0) is 14.7. The number of hydrogen-bond acceptors (Lipinski definition) is 4. The number of aliphatic hydroxyl groups is 1. The Morgan fingerprint density at radius 1 is 1.20 bits per heavy atom. The fourth-order valence-corrected chi connectivity index (χ4v) is 1.90. The lowest BCUT2D eigenvalue weighted by Crippen LogP contribution is -2.10. The molecule has 2 rings (SSSR count). The van der Waals surface area contributed by atoms with E-state index in [4.69, 9.17) is 0 Å². The Balaban J connectivity index is 2.37. The number of anilines is 2. The Morgan fingerprint density at radius 3 is 2.35 bits per heavy atom. The van der Waals surface area contributed by atoms with Crippen LogP contribution in [0.4, 0.5) is 21.5 Å². The number of nitro groups is 1. The van der Waals surface area contributed by atoms with Crippen LogP contribution in [0.2, 0.25) is 0 Å². The van der Waals surface area contributed by atoms with Crippen LogP contribution >= 0.6 is 0 Å². The molecule has 0 saturated heterocycles. The molecule has 20 heavy (non-hydrogen) atoms. The molecule has 0 unspecified atom stereocenters. The van der Waals surface area contributed by atoms with E-state index in [2.05, 4.69) is 0 Å². The van der Waals surface area contributed by atoms with E-state index in [0.717, 1.165) is 5.69 Å². The van der Waals surface area contributed by atoms with Crippen molar-refractivity contribution < 1.29 is 14.4 Å². The average molecular weight is 276 g/mol. The first-order valence-electron chi connectivity index (χ1n) is 5.90. The SMILES string of the molecule is CN(c1ccc(F)cc1)c1ccc([N+](=O)[O-])c(CO)c1. The molecule has 2 aromatic rings. The summed E-state index contributed by atoms with van der Waals surface area (Å²) in [5.74, 6) is -0.332. The third kappa shape index (κ3) is 2.75. The second kappa shape index (κ2) is 5.66. The maximum absolute atomic E-state index is 12.9. The van der Waals surface area contributed by atoms with Crippen LogP contribution in [0.15, 0.2) is 42.5 Å². The number of benzene rings is 2. The van der Waals surface area contributed by atoms with Gasteiger partial charge < -0.3 is 10.0 Å². The summed E-state index contributed by atoms with van der Waals surface area (Å²) in [4.78, 5) is 12.0. The van der Waals surface area contributed by atoms with E-state index >= 15 is 0 Å². The Bertz CT molecular complexity index is 629. The molecule has 1 N–H and O–H groups in total. The van der Waals surface area contributed by atoms with Crippen LogP contribution in [0, 0.1) is 15.9 Å². The second-order valence-electron chi connectivity index (χ2n) is 4.26. The fourth-order valence-electron chi connectivity index (χ4n) is 1.90. The molecule has 0 aliphatic heterocycles. The van der Waals surface area contributed by atoms with Gasteiger partial charge in [-0.25, -0.2) is 4.39 Å². The number of aliphatic hydroxyl groups excluding tert-OH is 1. The van der Waals surface area contributed by atoms with Crippen molar-refractivity contribution in [3.8, 4) is 0 Å². The van der Waals surface area contributed by atoms with Gasteiger partial charge in [-0.2, -0.15) is 0 Å². The molecule has 0 amide bonds. The topological polar surface area (TPSA) is 66.6 Å². The molecule has 5 nitrogen and oxygen atoms in total. The summed E-state index contributed by atoms with van der Waals surface area (Å²) in [6, 6.07) is 10.4. The number of hydrogen-bond donors (Lipinski definition) is 1. The molecule has 104 valence electrons. The molecule has 0 aliphatic carbocycles. The molecule has 0 aliphatic rings. The first-order valence-corrected chi connectivity index (χ1v) is 5.90. The van der Waals surface area contributed by atoms with Crippen LogP contribution in [0.1, 0.15) is 5.56 Å². The lowest BCUT2D eigenvalue weighted by molar-refractivity contribution is -0.385. The van der Waals surface area contributed by atoms with Crippen LogP contribution in [0.3, 0.4) is 0 Å². The molecule has 0 radical (unpaired) electrons. The normalized spacial score (nSPS) is 10.3. The Kier molecular flexibility index (Phi) is 3.95. The minimum absolute atomic E-state index is 0.122. The van der Waals surface area contributed by atoms with Crippen molar-refractivity contribution in [3.05, 3.63) is 64.0 Å². The molecule has 0 bridgehead atoms. The van der Waals surface area contributed by atoms with Crippen molar-refractivity contribution in [2.45, 2.75) is 6.61 Å². The first kappa shape index (κ1) is 14.0. The van der Waals surface area contributed by atoms with Crippen molar-refractivity contribution in [1.29, 1.82) is 0 Å². The van der Waals surface area contributed by atoms with Crippen molar-refractivity contribution in [3.63, 3.8) is 0 Å². The van der Waals surface area contributed by atoms with Gasteiger partial charge in [-0.1, -0.05) is 0 Å². The predicted octanol–water partition coefficient (Wildman–Crippen LogP) is 2.99. The van der Waals surface area contributed by atoms with Crippen LogP contribution in [0.25, 0.3) is 0 Å². The third-order valence-corrected chi connectivity index (χ3v) is 3.03. The molecule has 0 spiro atoms. The number of nitrogens with zero attached hydrogens (tertiary/aromatic N) is 2. The third-order valence-electron chi connectivity index (χ3n) is 3.03. The van der Waals surface area contributed by atoms with Gasteiger partial charge >= 0.3 is 0 Å². The molecule has 0 saturated carbocycles. The Labute approximate surface area is 115 Å². The van der Waals surface area contributed by atoms with Crippen molar-refractivity contribution in [2.24, 2.45) is 0 Å². The van der Waals surface area contributed by atoms with Crippen molar-refractivity contribution in [1.82, 2.24) is 0 Å². The van der Waals surface area contributed by atoms with Gasteiger partial charge in [0.05, 0.1) is 17.1 Å². The van der Waals surface area contributed by atoms with E-state index in [0.29, 0.717) is 5.69 Å². The standard InChI is InChI=1S/C14H13FN2O3/c1-16(12-4-2-11(15)3-5-12)13-6-7-14(17(19)20)10(8-13)9-18/h2-8,18H,9H2,1H3. The summed E-state index contributed by atoms with van der Waals surface area (Å²) in [5, 5.41) is 20.0.